The van der Waals surface area contributed by atoms with Crippen molar-refractivity contribution in [1.82, 2.24) is 10.2 Å². The van der Waals surface area contributed by atoms with Crippen LogP contribution in [0.3, 0.4) is 0 Å². The molecule has 0 saturated carbocycles. The number of likely N-dealkylation sites (N-methyl/N-ethyl adjacent to an activating group) is 1. The molecule has 3 aliphatic heterocycles. The summed E-state index contributed by atoms with van der Waals surface area (Å²) in [7, 11) is 1.77. The molecule has 26 heavy (non-hydrogen) atoms. The summed E-state index contributed by atoms with van der Waals surface area (Å²) in [5.74, 6) is 0.509. The molecule has 0 aliphatic carbocycles. The highest BCUT2D eigenvalue weighted by molar-refractivity contribution is 6.34. The molecule has 3 heterocycles. The van der Waals surface area contributed by atoms with Crippen molar-refractivity contribution in [2.75, 3.05) is 18.5 Å². The van der Waals surface area contributed by atoms with Crippen LogP contribution >= 0.6 is 11.6 Å². The van der Waals surface area contributed by atoms with Gasteiger partial charge >= 0.3 is 0 Å². The van der Waals surface area contributed by atoms with Gasteiger partial charge < -0.3 is 15.1 Å². The van der Waals surface area contributed by atoms with Crippen molar-refractivity contribution in [2.45, 2.75) is 56.7 Å². The van der Waals surface area contributed by atoms with Gasteiger partial charge in [-0.05, 0) is 50.2 Å². The summed E-state index contributed by atoms with van der Waals surface area (Å²) in [5, 5.41) is 4.19. The number of nitrogens with one attached hydrogen (secondary N) is 1. The number of nitrogens with zero attached hydrogens (tertiary/aromatic N) is 2. The van der Waals surface area contributed by atoms with Gasteiger partial charge in [-0.3, -0.25) is 9.59 Å². The average Bonchev–Trinajstić information content (AvgIpc) is 3.17. The fraction of sp³-hybridized carbons (Fsp3) is 0.600. The lowest BCUT2D eigenvalue weighted by Crippen LogP contribution is -2.45. The topological polar surface area (TPSA) is 52.7 Å². The van der Waals surface area contributed by atoms with E-state index >= 15 is 0 Å². The van der Waals surface area contributed by atoms with Gasteiger partial charge in [0.15, 0.2) is 0 Å². The van der Waals surface area contributed by atoms with Crippen molar-refractivity contribution < 1.29 is 9.59 Å². The maximum atomic E-state index is 12.9. The Bertz CT molecular complexity index is 698. The smallest absolute Gasteiger partial charge is 0.249 e. The zero-order valence-electron chi connectivity index (χ0n) is 15.2. The Morgan fingerprint density at radius 1 is 1.23 bits per heavy atom. The summed E-state index contributed by atoms with van der Waals surface area (Å²) in [6.45, 7) is 0.600. The molecule has 0 aromatic heterocycles. The van der Waals surface area contributed by atoms with Gasteiger partial charge in [0.2, 0.25) is 11.8 Å². The van der Waals surface area contributed by atoms with Crippen LogP contribution in [0.25, 0.3) is 0 Å². The largest absolute Gasteiger partial charge is 0.334 e. The average molecular weight is 376 g/mol. The number of para-hydroxylation sites is 1. The molecule has 1 aromatic carbocycles. The van der Waals surface area contributed by atoms with Gasteiger partial charge in [0.25, 0.3) is 0 Å². The molecule has 1 aromatic rings. The quantitative estimate of drug-likeness (QED) is 0.880. The van der Waals surface area contributed by atoms with Gasteiger partial charge in [-0.1, -0.05) is 23.7 Å². The van der Waals surface area contributed by atoms with Crippen molar-refractivity contribution in [1.29, 1.82) is 0 Å². The van der Waals surface area contributed by atoms with E-state index in [9.17, 15) is 9.59 Å². The third-order valence-corrected chi connectivity index (χ3v) is 6.53. The van der Waals surface area contributed by atoms with E-state index in [0.29, 0.717) is 42.4 Å². The zero-order valence-corrected chi connectivity index (χ0v) is 15.9. The maximum absolute atomic E-state index is 12.9. The molecule has 2 bridgehead atoms. The molecule has 3 unspecified atom stereocenters. The Morgan fingerprint density at radius 2 is 1.92 bits per heavy atom. The van der Waals surface area contributed by atoms with E-state index in [-0.39, 0.29) is 17.9 Å². The molecule has 5 nitrogen and oxygen atoms in total. The summed E-state index contributed by atoms with van der Waals surface area (Å²) < 4.78 is 0. The molecular weight excluding hydrogens is 350 g/mol. The summed E-state index contributed by atoms with van der Waals surface area (Å²) in [5.41, 5.74) is 0.734. The van der Waals surface area contributed by atoms with Crippen LogP contribution in [0.15, 0.2) is 24.3 Å². The van der Waals surface area contributed by atoms with Crippen molar-refractivity contribution in [3.8, 4) is 0 Å². The number of halogens is 1. The van der Waals surface area contributed by atoms with Gasteiger partial charge in [0.05, 0.1) is 10.7 Å². The second-order valence-corrected chi connectivity index (χ2v) is 8.34. The Kier molecular flexibility index (Phi) is 4.93. The second kappa shape index (κ2) is 7.20. The van der Waals surface area contributed by atoms with Gasteiger partial charge in [-0.15, -0.1) is 0 Å². The van der Waals surface area contributed by atoms with Crippen LogP contribution in [-0.2, 0) is 9.59 Å². The number of anilines is 1. The van der Waals surface area contributed by atoms with E-state index in [1.54, 1.807) is 22.9 Å². The van der Waals surface area contributed by atoms with Gasteiger partial charge in [0.1, 0.15) is 6.04 Å². The predicted octanol–water partition coefficient (Wildman–Crippen LogP) is 2.82. The highest BCUT2D eigenvalue weighted by Gasteiger charge is 2.39. The monoisotopic (exact) mass is 375 g/mol. The first kappa shape index (κ1) is 17.8. The number of rotatable bonds is 4. The maximum Gasteiger partial charge on any atom is 0.249 e. The normalized spacial score (nSPS) is 30.7. The first-order valence-electron chi connectivity index (χ1n) is 9.60. The molecule has 0 spiro atoms. The number of benzene rings is 1. The first-order chi connectivity index (χ1) is 12.5. The number of piperidine rings is 1. The summed E-state index contributed by atoms with van der Waals surface area (Å²) in [4.78, 5) is 29.0. The number of hydrogen-bond acceptors (Lipinski definition) is 3. The van der Waals surface area contributed by atoms with E-state index in [1.807, 2.05) is 18.2 Å². The number of carbonyl (C=O) groups excluding carboxylic acids is 2. The Labute approximate surface area is 159 Å². The Morgan fingerprint density at radius 3 is 2.62 bits per heavy atom. The molecule has 140 valence electrons. The first-order valence-corrected chi connectivity index (χ1v) is 9.98. The molecule has 3 atom stereocenters. The lowest BCUT2D eigenvalue weighted by atomic mass is 9.89. The number of carbonyl (C=O) groups is 2. The van der Waals surface area contributed by atoms with Crippen LogP contribution in [-0.4, -0.2) is 48.4 Å². The number of amides is 2. The predicted molar refractivity (Wildman–Crippen MR) is 102 cm³/mol. The number of hydrogen-bond donors (Lipinski definition) is 1. The van der Waals surface area contributed by atoms with Crippen LogP contribution in [0.2, 0.25) is 5.02 Å². The highest BCUT2D eigenvalue weighted by atomic mass is 35.5. The second-order valence-electron chi connectivity index (χ2n) is 7.93. The van der Waals surface area contributed by atoms with Crippen molar-refractivity contribution >= 4 is 29.1 Å². The molecule has 0 radical (unpaired) electrons. The van der Waals surface area contributed by atoms with Crippen LogP contribution in [0.1, 0.15) is 38.5 Å². The minimum atomic E-state index is -0.378. The SMILES string of the molecule is CN(C(=O)CC1CC2CCC(C1)N2)C1CCN(c2ccccc2Cl)C1=O. The van der Waals surface area contributed by atoms with Crippen LogP contribution < -0.4 is 10.2 Å². The van der Waals surface area contributed by atoms with Gasteiger partial charge in [-0.2, -0.15) is 0 Å². The van der Waals surface area contributed by atoms with Crippen molar-refractivity contribution in [2.24, 2.45) is 5.92 Å². The molecule has 1 N–H and O–H groups in total. The van der Waals surface area contributed by atoms with E-state index in [2.05, 4.69) is 5.32 Å². The third-order valence-electron chi connectivity index (χ3n) is 6.22. The highest BCUT2D eigenvalue weighted by Crippen LogP contribution is 2.34. The summed E-state index contributed by atoms with van der Waals surface area (Å²) in [6, 6.07) is 8.17. The zero-order chi connectivity index (χ0) is 18.3. The van der Waals surface area contributed by atoms with E-state index in [1.165, 1.54) is 12.8 Å². The molecular formula is C20H26ClN3O2. The molecule has 3 aliphatic rings. The van der Waals surface area contributed by atoms with Crippen molar-refractivity contribution in [3.05, 3.63) is 29.3 Å². The fourth-order valence-electron chi connectivity index (χ4n) is 4.84. The van der Waals surface area contributed by atoms with E-state index < -0.39 is 0 Å². The lowest BCUT2D eigenvalue weighted by molar-refractivity contribution is -0.137. The van der Waals surface area contributed by atoms with Crippen LogP contribution in [0, 0.1) is 5.92 Å². The number of fused-ring (bicyclic) bond motifs is 2. The fourth-order valence-corrected chi connectivity index (χ4v) is 5.08. The Hall–Kier alpha value is -1.59. The third kappa shape index (κ3) is 3.35. The van der Waals surface area contributed by atoms with E-state index in [4.69, 9.17) is 11.6 Å². The molecule has 3 saturated heterocycles. The van der Waals surface area contributed by atoms with Crippen molar-refractivity contribution in [3.63, 3.8) is 0 Å². The molecule has 4 rings (SSSR count). The summed E-state index contributed by atoms with van der Waals surface area (Å²) >= 11 is 6.24. The molecule has 2 amide bonds. The summed E-state index contributed by atoms with van der Waals surface area (Å²) in [6.07, 6.45) is 5.85. The standard InChI is InChI=1S/C20H26ClN3O2/c1-23(19(25)12-13-10-14-6-7-15(11-13)22-14)18-8-9-24(20(18)26)17-5-3-2-4-16(17)21/h2-5,13-15,18,22H,6-12H2,1H3. The van der Waals surface area contributed by atoms with E-state index in [0.717, 1.165) is 18.5 Å². The van der Waals surface area contributed by atoms with Gasteiger partial charge in [0, 0.05) is 32.1 Å². The molecule has 3 fully saturated rings. The van der Waals surface area contributed by atoms with Gasteiger partial charge in [-0.25, -0.2) is 0 Å². The Balaban J connectivity index is 1.39. The van der Waals surface area contributed by atoms with Crippen LogP contribution in [0.5, 0.6) is 0 Å². The minimum Gasteiger partial charge on any atom is -0.334 e. The lowest BCUT2D eigenvalue weighted by Gasteiger charge is -2.31. The van der Waals surface area contributed by atoms with Crippen LogP contribution in [0.4, 0.5) is 5.69 Å². The molecule has 6 heteroatoms. The minimum absolute atomic E-state index is 0.0284.